The van der Waals surface area contributed by atoms with E-state index in [1.165, 1.54) is 6.08 Å². The summed E-state index contributed by atoms with van der Waals surface area (Å²) < 4.78 is 5.13. The van der Waals surface area contributed by atoms with Crippen molar-refractivity contribution < 1.29 is 9.53 Å². The normalized spacial score (nSPS) is 11.4. The first-order valence-electron chi connectivity index (χ1n) is 7.31. The van der Waals surface area contributed by atoms with Crippen LogP contribution in [-0.4, -0.2) is 17.6 Å². The third kappa shape index (κ3) is 2.65. The summed E-state index contributed by atoms with van der Waals surface area (Å²) in [6, 6.07) is 17.1. The van der Waals surface area contributed by atoms with Crippen molar-refractivity contribution in [1.29, 1.82) is 5.26 Å². The molecule has 0 bridgehead atoms. The molecular weight excluding hydrogens is 288 g/mol. The van der Waals surface area contributed by atoms with Crippen LogP contribution in [0.1, 0.15) is 12.5 Å². The Hall–Kier alpha value is -3.19. The van der Waals surface area contributed by atoms with E-state index in [0.29, 0.717) is 5.56 Å². The van der Waals surface area contributed by atoms with E-state index >= 15 is 0 Å². The SMILES string of the molecule is CCOC(=O)C(=CC#N)c1c2ccccc2nc2ccccc12. The van der Waals surface area contributed by atoms with Crippen molar-refractivity contribution in [2.24, 2.45) is 0 Å². The maximum Gasteiger partial charge on any atom is 0.339 e. The molecule has 0 aliphatic heterocycles. The lowest BCUT2D eigenvalue weighted by Gasteiger charge is -2.12. The summed E-state index contributed by atoms with van der Waals surface area (Å²) in [6.45, 7) is 1.99. The van der Waals surface area contributed by atoms with Crippen LogP contribution in [0.5, 0.6) is 0 Å². The lowest BCUT2D eigenvalue weighted by molar-refractivity contribution is -0.136. The van der Waals surface area contributed by atoms with Crippen LogP contribution in [0, 0.1) is 11.3 Å². The number of para-hydroxylation sites is 2. The first-order chi connectivity index (χ1) is 11.3. The van der Waals surface area contributed by atoms with Crippen molar-refractivity contribution in [3.05, 3.63) is 60.2 Å². The largest absolute Gasteiger partial charge is 0.462 e. The topological polar surface area (TPSA) is 63.0 Å². The van der Waals surface area contributed by atoms with Crippen LogP contribution in [0.15, 0.2) is 54.6 Å². The van der Waals surface area contributed by atoms with Crippen molar-refractivity contribution in [1.82, 2.24) is 4.98 Å². The number of ether oxygens (including phenoxy) is 1. The molecule has 0 aliphatic rings. The molecule has 0 saturated heterocycles. The average Bonchev–Trinajstić information content (AvgIpc) is 2.58. The maximum absolute atomic E-state index is 12.4. The molecule has 1 aromatic heterocycles. The standard InChI is InChI=1S/C19H14N2O2/c1-2-23-19(22)15(11-12-20)18-13-7-3-5-9-16(13)21-17-10-6-4-8-14(17)18/h3-11H,2H2,1H3. The number of pyridine rings is 1. The zero-order valence-corrected chi connectivity index (χ0v) is 12.6. The van der Waals surface area contributed by atoms with Crippen LogP contribution >= 0.6 is 0 Å². The van der Waals surface area contributed by atoms with Crippen LogP contribution < -0.4 is 0 Å². The van der Waals surface area contributed by atoms with Gasteiger partial charge in [0, 0.05) is 22.4 Å². The van der Waals surface area contributed by atoms with Gasteiger partial charge < -0.3 is 4.74 Å². The fourth-order valence-electron chi connectivity index (χ4n) is 2.64. The van der Waals surface area contributed by atoms with Gasteiger partial charge in [0.2, 0.25) is 0 Å². The second kappa shape index (κ2) is 6.29. The highest BCUT2D eigenvalue weighted by Crippen LogP contribution is 2.32. The molecule has 4 nitrogen and oxygen atoms in total. The van der Waals surface area contributed by atoms with Crippen molar-refractivity contribution in [3.8, 4) is 6.07 Å². The Kier molecular flexibility index (Phi) is 4.03. The fourth-order valence-corrected chi connectivity index (χ4v) is 2.64. The number of hydrogen-bond acceptors (Lipinski definition) is 4. The Bertz CT molecular complexity index is 914. The van der Waals surface area contributed by atoms with E-state index in [1.807, 2.05) is 54.6 Å². The van der Waals surface area contributed by atoms with Crippen molar-refractivity contribution >= 4 is 33.3 Å². The van der Waals surface area contributed by atoms with E-state index < -0.39 is 5.97 Å². The molecule has 0 spiro atoms. The highest BCUT2D eigenvalue weighted by atomic mass is 16.5. The summed E-state index contributed by atoms with van der Waals surface area (Å²) >= 11 is 0. The third-order valence-corrected chi connectivity index (χ3v) is 3.56. The van der Waals surface area contributed by atoms with E-state index in [2.05, 4.69) is 4.98 Å². The molecule has 0 unspecified atom stereocenters. The minimum Gasteiger partial charge on any atom is -0.462 e. The van der Waals surface area contributed by atoms with E-state index in [0.717, 1.165) is 21.8 Å². The zero-order chi connectivity index (χ0) is 16.2. The van der Waals surface area contributed by atoms with Gasteiger partial charge in [0.25, 0.3) is 0 Å². The highest BCUT2D eigenvalue weighted by molar-refractivity contribution is 6.24. The Balaban J connectivity index is 2.42. The number of benzene rings is 2. The second-order valence-corrected chi connectivity index (χ2v) is 4.93. The highest BCUT2D eigenvalue weighted by Gasteiger charge is 2.19. The van der Waals surface area contributed by atoms with Gasteiger partial charge in [0.1, 0.15) is 0 Å². The summed E-state index contributed by atoms with van der Waals surface area (Å²) in [5, 5.41) is 10.7. The van der Waals surface area contributed by atoms with Gasteiger partial charge in [-0.3, -0.25) is 0 Å². The van der Waals surface area contributed by atoms with Gasteiger partial charge in [-0.25, -0.2) is 9.78 Å². The fraction of sp³-hybridized carbons (Fsp3) is 0.105. The van der Waals surface area contributed by atoms with Gasteiger partial charge in [-0.15, -0.1) is 0 Å². The average molecular weight is 302 g/mol. The van der Waals surface area contributed by atoms with Gasteiger partial charge in [0.15, 0.2) is 0 Å². The molecule has 0 fully saturated rings. The number of aromatic nitrogens is 1. The van der Waals surface area contributed by atoms with Crippen molar-refractivity contribution in [2.45, 2.75) is 6.92 Å². The number of nitriles is 1. The van der Waals surface area contributed by atoms with E-state index in [9.17, 15) is 4.79 Å². The molecular formula is C19H14N2O2. The summed E-state index contributed by atoms with van der Waals surface area (Å²) in [7, 11) is 0. The number of esters is 1. The molecule has 3 aromatic rings. The minimum atomic E-state index is -0.504. The molecule has 0 N–H and O–H groups in total. The lowest BCUT2D eigenvalue weighted by atomic mass is 9.96. The summed E-state index contributed by atoms with van der Waals surface area (Å²) in [5.74, 6) is -0.504. The van der Waals surface area contributed by atoms with Gasteiger partial charge in [-0.1, -0.05) is 36.4 Å². The Labute approximate surface area is 133 Å². The van der Waals surface area contributed by atoms with Gasteiger partial charge in [0.05, 0.1) is 29.3 Å². The second-order valence-electron chi connectivity index (χ2n) is 4.93. The molecule has 112 valence electrons. The zero-order valence-electron chi connectivity index (χ0n) is 12.6. The Morgan fingerprint density at radius 2 is 1.70 bits per heavy atom. The molecule has 4 heteroatoms. The van der Waals surface area contributed by atoms with Crippen LogP contribution in [0.2, 0.25) is 0 Å². The monoisotopic (exact) mass is 302 g/mol. The minimum absolute atomic E-state index is 0.253. The van der Waals surface area contributed by atoms with Crippen LogP contribution in [-0.2, 0) is 9.53 Å². The molecule has 23 heavy (non-hydrogen) atoms. The quantitative estimate of drug-likeness (QED) is 0.319. The Morgan fingerprint density at radius 1 is 1.13 bits per heavy atom. The van der Waals surface area contributed by atoms with Crippen molar-refractivity contribution in [3.63, 3.8) is 0 Å². The molecule has 2 aromatic carbocycles. The maximum atomic E-state index is 12.4. The van der Waals surface area contributed by atoms with E-state index in [4.69, 9.17) is 10.00 Å². The molecule has 0 atom stereocenters. The Morgan fingerprint density at radius 3 is 2.22 bits per heavy atom. The number of allylic oxidation sites excluding steroid dienone is 1. The molecule has 0 aliphatic carbocycles. The third-order valence-electron chi connectivity index (χ3n) is 3.56. The van der Waals surface area contributed by atoms with Crippen LogP contribution in [0.3, 0.4) is 0 Å². The summed E-state index contributed by atoms with van der Waals surface area (Å²) in [4.78, 5) is 17.0. The molecule has 1 heterocycles. The van der Waals surface area contributed by atoms with Gasteiger partial charge in [-0.2, -0.15) is 5.26 Å². The smallest absolute Gasteiger partial charge is 0.339 e. The number of nitrogens with zero attached hydrogens (tertiary/aromatic N) is 2. The number of hydrogen-bond donors (Lipinski definition) is 0. The van der Waals surface area contributed by atoms with E-state index in [-0.39, 0.29) is 12.2 Å². The number of carbonyl (C=O) groups is 1. The first kappa shape index (κ1) is 14.7. The first-order valence-corrected chi connectivity index (χ1v) is 7.31. The van der Waals surface area contributed by atoms with Gasteiger partial charge >= 0.3 is 5.97 Å². The van der Waals surface area contributed by atoms with Gasteiger partial charge in [-0.05, 0) is 19.1 Å². The van der Waals surface area contributed by atoms with E-state index in [1.54, 1.807) is 6.92 Å². The molecule has 0 radical (unpaired) electrons. The molecule has 0 amide bonds. The number of carbonyl (C=O) groups excluding carboxylic acids is 1. The van der Waals surface area contributed by atoms with Crippen LogP contribution in [0.4, 0.5) is 0 Å². The number of fused-ring (bicyclic) bond motifs is 2. The predicted molar refractivity (Wildman–Crippen MR) is 89.5 cm³/mol. The predicted octanol–water partition coefficient (Wildman–Crippen LogP) is 3.86. The van der Waals surface area contributed by atoms with Crippen LogP contribution in [0.25, 0.3) is 27.4 Å². The summed E-state index contributed by atoms with van der Waals surface area (Å²) in [6.07, 6.45) is 1.24. The lowest BCUT2D eigenvalue weighted by Crippen LogP contribution is -2.08. The van der Waals surface area contributed by atoms with Crippen molar-refractivity contribution in [2.75, 3.05) is 6.61 Å². The molecule has 0 saturated carbocycles. The summed E-state index contributed by atoms with van der Waals surface area (Å²) in [5.41, 5.74) is 2.49. The molecule has 3 rings (SSSR count). The number of rotatable bonds is 3.